The molecule has 2 unspecified atom stereocenters. The van der Waals surface area contributed by atoms with Crippen molar-refractivity contribution in [3.05, 3.63) is 64.7 Å². The van der Waals surface area contributed by atoms with Gasteiger partial charge in [0, 0.05) is 24.0 Å². The van der Waals surface area contributed by atoms with E-state index in [0.717, 1.165) is 25.8 Å². The Morgan fingerprint density at radius 1 is 1.17 bits per heavy atom. The molecule has 1 saturated carbocycles. The molecule has 1 aromatic heterocycles. The lowest BCUT2D eigenvalue weighted by Crippen LogP contribution is -2.39. The van der Waals surface area contributed by atoms with Gasteiger partial charge in [-0.25, -0.2) is 4.39 Å². The van der Waals surface area contributed by atoms with Gasteiger partial charge < -0.3 is 10.6 Å². The molecule has 1 aliphatic carbocycles. The fraction of sp³-hybridized carbons (Fsp3) is 0.381. The number of amides is 2. The van der Waals surface area contributed by atoms with Gasteiger partial charge in [0.15, 0.2) is 0 Å². The number of aromatic nitrogens is 1. The molecule has 9 heteroatoms. The summed E-state index contributed by atoms with van der Waals surface area (Å²) in [5.41, 5.74) is -0.184. The monoisotopic (exact) mass is 423 g/mol. The molecule has 5 nitrogen and oxygen atoms in total. The normalized spacial score (nSPS) is 15.9. The average molecular weight is 423 g/mol. The van der Waals surface area contributed by atoms with Gasteiger partial charge in [0.05, 0.1) is 17.5 Å². The van der Waals surface area contributed by atoms with Crippen LogP contribution in [0.4, 0.5) is 17.6 Å². The number of rotatable bonds is 6. The molecule has 2 atom stereocenters. The molecule has 0 aliphatic heterocycles. The molecule has 2 N–H and O–H groups in total. The first-order valence-electron chi connectivity index (χ1n) is 9.46. The van der Waals surface area contributed by atoms with Crippen LogP contribution in [0.5, 0.6) is 0 Å². The van der Waals surface area contributed by atoms with Crippen LogP contribution in [-0.2, 0) is 0 Å². The highest BCUT2D eigenvalue weighted by Gasteiger charge is 2.43. The maximum atomic E-state index is 14.5. The van der Waals surface area contributed by atoms with E-state index >= 15 is 0 Å². The van der Waals surface area contributed by atoms with Crippen molar-refractivity contribution in [1.29, 1.82) is 0 Å². The molecule has 1 aromatic carbocycles. The molecular weight excluding hydrogens is 402 g/mol. The average Bonchev–Trinajstić information content (AvgIpc) is 3.51. The number of halogens is 4. The third-order valence-electron chi connectivity index (χ3n) is 5.12. The molecule has 0 bridgehead atoms. The summed E-state index contributed by atoms with van der Waals surface area (Å²) in [5, 5.41) is 5.03. The highest BCUT2D eigenvalue weighted by molar-refractivity contribution is 5.95. The largest absolute Gasteiger partial charge is 0.393 e. The van der Waals surface area contributed by atoms with Crippen LogP contribution in [0.15, 0.2) is 36.7 Å². The molecule has 2 amide bonds. The molecule has 1 fully saturated rings. The lowest BCUT2D eigenvalue weighted by Gasteiger charge is -2.29. The zero-order valence-electron chi connectivity index (χ0n) is 16.4. The minimum Gasteiger partial charge on any atom is -0.349 e. The van der Waals surface area contributed by atoms with Gasteiger partial charge in [0.25, 0.3) is 11.8 Å². The number of nitrogens with zero attached hydrogens (tertiary/aromatic N) is 1. The second-order valence-electron chi connectivity index (χ2n) is 7.44. The highest BCUT2D eigenvalue weighted by Crippen LogP contribution is 2.38. The minimum absolute atomic E-state index is 0.000457. The highest BCUT2D eigenvalue weighted by atomic mass is 19.4. The van der Waals surface area contributed by atoms with E-state index in [-0.39, 0.29) is 28.3 Å². The van der Waals surface area contributed by atoms with Gasteiger partial charge in [-0.15, -0.1) is 0 Å². The first kappa shape index (κ1) is 21.7. The van der Waals surface area contributed by atoms with Gasteiger partial charge in [0.2, 0.25) is 0 Å². The summed E-state index contributed by atoms with van der Waals surface area (Å²) in [4.78, 5) is 28.7. The van der Waals surface area contributed by atoms with Crippen LogP contribution in [0.3, 0.4) is 0 Å². The van der Waals surface area contributed by atoms with Gasteiger partial charge in [-0.05, 0) is 55.2 Å². The van der Waals surface area contributed by atoms with Crippen molar-refractivity contribution in [2.45, 2.75) is 44.9 Å². The number of carbonyl (C=O) groups is 2. The standard InChI is InChI=1S/C21H21F4N3O2/c1-11-16(8-14(9-17(11)22)20(30)27-15-5-6-15)18(12(2)21(23,24)25)28-19(29)13-4-3-7-26-10-13/h3-4,7-10,12,15,18H,5-6H2,1-2H3,(H,27,30)(H,28,29). The van der Waals surface area contributed by atoms with Crippen molar-refractivity contribution in [2.75, 3.05) is 0 Å². The summed E-state index contributed by atoms with van der Waals surface area (Å²) in [6, 6.07) is 3.50. The topological polar surface area (TPSA) is 71.1 Å². The summed E-state index contributed by atoms with van der Waals surface area (Å²) in [5.74, 6) is -4.19. The third-order valence-corrected chi connectivity index (χ3v) is 5.12. The minimum atomic E-state index is -4.66. The Morgan fingerprint density at radius 3 is 2.43 bits per heavy atom. The van der Waals surface area contributed by atoms with E-state index in [1.165, 1.54) is 37.5 Å². The third kappa shape index (κ3) is 4.95. The summed E-state index contributed by atoms with van der Waals surface area (Å²) >= 11 is 0. The van der Waals surface area contributed by atoms with Gasteiger partial charge in [0.1, 0.15) is 5.82 Å². The predicted octanol–water partition coefficient (Wildman–Crippen LogP) is 4.09. The summed E-state index contributed by atoms with van der Waals surface area (Å²) in [6.07, 6.45) is -0.405. The van der Waals surface area contributed by atoms with Crippen molar-refractivity contribution < 1.29 is 27.2 Å². The molecule has 160 valence electrons. The second-order valence-corrected chi connectivity index (χ2v) is 7.44. The SMILES string of the molecule is Cc1c(F)cc(C(=O)NC2CC2)cc1C(NC(=O)c1cccnc1)C(C)C(F)(F)F. The second kappa shape index (κ2) is 8.41. The molecule has 0 radical (unpaired) electrons. The maximum Gasteiger partial charge on any atom is 0.393 e. The van der Waals surface area contributed by atoms with Gasteiger partial charge in [-0.2, -0.15) is 13.2 Å². The number of hydrogen-bond acceptors (Lipinski definition) is 3. The summed E-state index contributed by atoms with van der Waals surface area (Å²) in [6.45, 7) is 2.22. The zero-order valence-corrected chi connectivity index (χ0v) is 16.4. The predicted molar refractivity (Wildman–Crippen MR) is 101 cm³/mol. The fourth-order valence-electron chi connectivity index (χ4n) is 3.03. The van der Waals surface area contributed by atoms with E-state index < -0.39 is 35.8 Å². The lowest BCUT2D eigenvalue weighted by atomic mass is 9.89. The van der Waals surface area contributed by atoms with Crippen molar-refractivity contribution in [3.63, 3.8) is 0 Å². The van der Waals surface area contributed by atoms with E-state index in [9.17, 15) is 27.2 Å². The van der Waals surface area contributed by atoms with Crippen LogP contribution in [0.2, 0.25) is 0 Å². The van der Waals surface area contributed by atoms with E-state index in [2.05, 4.69) is 15.6 Å². The number of pyridine rings is 1. The first-order valence-corrected chi connectivity index (χ1v) is 9.46. The summed E-state index contributed by atoms with van der Waals surface area (Å²) < 4.78 is 55.3. The van der Waals surface area contributed by atoms with E-state index in [0.29, 0.717) is 0 Å². The Kier molecular flexibility index (Phi) is 6.09. The Balaban J connectivity index is 2.00. The Morgan fingerprint density at radius 2 is 1.87 bits per heavy atom. The Bertz CT molecular complexity index is 943. The van der Waals surface area contributed by atoms with Crippen molar-refractivity contribution in [1.82, 2.24) is 15.6 Å². The number of nitrogens with one attached hydrogen (secondary N) is 2. The molecule has 3 rings (SSSR count). The van der Waals surface area contributed by atoms with Gasteiger partial charge in [-0.1, -0.05) is 6.92 Å². The Hall–Kier alpha value is -2.97. The molecular formula is C21H21F4N3O2. The van der Waals surface area contributed by atoms with E-state index in [4.69, 9.17) is 0 Å². The Labute approximate surface area is 170 Å². The van der Waals surface area contributed by atoms with Crippen LogP contribution in [0, 0.1) is 18.7 Å². The molecule has 2 aromatic rings. The van der Waals surface area contributed by atoms with E-state index in [1.54, 1.807) is 0 Å². The quantitative estimate of drug-likeness (QED) is 0.688. The zero-order chi connectivity index (χ0) is 22.1. The number of benzene rings is 1. The molecule has 0 spiro atoms. The maximum absolute atomic E-state index is 14.5. The lowest BCUT2D eigenvalue weighted by molar-refractivity contribution is -0.177. The van der Waals surface area contributed by atoms with Crippen LogP contribution >= 0.6 is 0 Å². The first-order chi connectivity index (χ1) is 14.1. The van der Waals surface area contributed by atoms with Crippen molar-refractivity contribution in [3.8, 4) is 0 Å². The number of hydrogen-bond donors (Lipinski definition) is 2. The molecule has 1 heterocycles. The molecule has 30 heavy (non-hydrogen) atoms. The smallest absolute Gasteiger partial charge is 0.349 e. The van der Waals surface area contributed by atoms with Crippen LogP contribution in [0.25, 0.3) is 0 Å². The fourth-order valence-corrected chi connectivity index (χ4v) is 3.03. The van der Waals surface area contributed by atoms with Crippen LogP contribution in [-0.4, -0.2) is 29.0 Å². The molecule has 1 aliphatic rings. The van der Waals surface area contributed by atoms with Gasteiger partial charge >= 0.3 is 6.18 Å². The number of carbonyl (C=O) groups excluding carboxylic acids is 2. The van der Waals surface area contributed by atoms with Crippen LogP contribution in [0.1, 0.15) is 57.7 Å². The molecule has 0 saturated heterocycles. The summed E-state index contributed by atoms with van der Waals surface area (Å²) in [7, 11) is 0. The van der Waals surface area contributed by atoms with E-state index in [1.807, 2.05) is 0 Å². The van der Waals surface area contributed by atoms with Crippen LogP contribution < -0.4 is 10.6 Å². The van der Waals surface area contributed by atoms with Gasteiger partial charge in [-0.3, -0.25) is 14.6 Å². The van der Waals surface area contributed by atoms with Crippen molar-refractivity contribution >= 4 is 11.8 Å². The number of alkyl halides is 3. The van der Waals surface area contributed by atoms with Crippen molar-refractivity contribution in [2.24, 2.45) is 5.92 Å².